The molecule has 0 aliphatic heterocycles. The van der Waals surface area contributed by atoms with Gasteiger partial charge >= 0.3 is 10.4 Å². The lowest BCUT2D eigenvalue weighted by atomic mass is 10.0. The fraction of sp³-hybridized carbons (Fsp3) is 0.111. The van der Waals surface area contributed by atoms with Crippen molar-refractivity contribution >= 4 is 19.7 Å². The van der Waals surface area contributed by atoms with Crippen molar-refractivity contribution in [3.8, 4) is 34.0 Å². The van der Waals surface area contributed by atoms with Gasteiger partial charge in [0.1, 0.15) is 0 Å². The van der Waals surface area contributed by atoms with Gasteiger partial charge in [-0.05, 0) is 35.4 Å². The minimum absolute atomic E-state index is 0.107. The fourth-order valence-electron chi connectivity index (χ4n) is 2.56. The van der Waals surface area contributed by atoms with Crippen LogP contribution in [0.3, 0.4) is 0 Å². The van der Waals surface area contributed by atoms with Gasteiger partial charge in [-0.2, -0.15) is 0 Å². The molecule has 4 rings (SSSR count). The highest BCUT2D eigenvalue weighted by molar-refractivity contribution is 7.90. The molecule has 0 bridgehead atoms. The summed E-state index contributed by atoms with van der Waals surface area (Å²) in [5.41, 5.74) is 2.93. The van der Waals surface area contributed by atoms with Gasteiger partial charge in [-0.15, -0.1) is 10.2 Å². The van der Waals surface area contributed by atoms with Crippen LogP contribution in [0.15, 0.2) is 67.8 Å². The minimum Gasteiger partial charge on any atom is -0.408 e. The standard InChI is InChI=1S/C18H14N4O6S2/c1-29(23,24)17-21-19-15(27-17)13-7-3-11(4-8-13)12-5-9-14(10-6-12)16-20-22-18(28-16)30(2,25)26/h3-10H,1-2H3. The summed E-state index contributed by atoms with van der Waals surface area (Å²) in [7, 11) is -7.13. The molecule has 0 N–H and O–H groups in total. The van der Waals surface area contributed by atoms with Crippen LogP contribution < -0.4 is 0 Å². The maximum absolute atomic E-state index is 11.5. The Bertz CT molecular complexity index is 1310. The quantitative estimate of drug-likeness (QED) is 0.447. The molecular weight excluding hydrogens is 432 g/mol. The maximum Gasteiger partial charge on any atom is 0.335 e. The molecule has 4 aromatic rings. The number of hydrogen-bond donors (Lipinski definition) is 0. The Morgan fingerprint density at radius 3 is 1.10 bits per heavy atom. The predicted molar refractivity (Wildman–Crippen MR) is 105 cm³/mol. The molecule has 2 heterocycles. The number of sulfone groups is 2. The van der Waals surface area contributed by atoms with Crippen LogP contribution in [0.1, 0.15) is 0 Å². The average Bonchev–Trinajstić information content (AvgIpc) is 3.38. The van der Waals surface area contributed by atoms with E-state index in [0.717, 1.165) is 23.6 Å². The molecule has 0 unspecified atom stereocenters. The van der Waals surface area contributed by atoms with Crippen LogP contribution in [0.4, 0.5) is 0 Å². The second-order valence-corrected chi connectivity index (χ2v) is 10.2. The van der Waals surface area contributed by atoms with Crippen molar-refractivity contribution in [3.63, 3.8) is 0 Å². The van der Waals surface area contributed by atoms with E-state index >= 15 is 0 Å². The van der Waals surface area contributed by atoms with Crippen molar-refractivity contribution in [2.24, 2.45) is 0 Å². The lowest BCUT2D eigenvalue weighted by Crippen LogP contribution is -1.96. The second kappa shape index (κ2) is 7.15. The normalized spacial score (nSPS) is 12.2. The van der Waals surface area contributed by atoms with E-state index in [9.17, 15) is 16.8 Å². The molecule has 0 amide bonds. The summed E-state index contributed by atoms with van der Waals surface area (Å²) >= 11 is 0. The molecule has 0 spiro atoms. The third-order valence-corrected chi connectivity index (χ3v) is 5.64. The van der Waals surface area contributed by atoms with Gasteiger partial charge in [-0.3, -0.25) is 0 Å². The number of aromatic nitrogens is 4. The predicted octanol–water partition coefficient (Wildman–Crippen LogP) is 2.26. The largest absolute Gasteiger partial charge is 0.408 e. The Labute approximate surface area is 171 Å². The molecular formula is C18H14N4O6S2. The summed E-state index contributed by atoms with van der Waals surface area (Å²) in [5.74, 6) is 0.214. The molecule has 0 atom stereocenters. The van der Waals surface area contributed by atoms with Crippen LogP contribution in [-0.4, -0.2) is 49.7 Å². The molecule has 0 aliphatic rings. The van der Waals surface area contributed by atoms with Gasteiger partial charge in [0, 0.05) is 23.6 Å². The summed E-state index contributed by atoms with van der Waals surface area (Å²) < 4.78 is 56.2. The van der Waals surface area contributed by atoms with Gasteiger partial charge in [0.05, 0.1) is 0 Å². The van der Waals surface area contributed by atoms with E-state index < -0.39 is 30.1 Å². The number of nitrogens with zero attached hydrogens (tertiary/aromatic N) is 4. The van der Waals surface area contributed by atoms with Crippen LogP contribution in [0.5, 0.6) is 0 Å². The van der Waals surface area contributed by atoms with E-state index in [-0.39, 0.29) is 11.8 Å². The van der Waals surface area contributed by atoms with Gasteiger partial charge < -0.3 is 8.83 Å². The Hall–Kier alpha value is -3.38. The smallest absolute Gasteiger partial charge is 0.335 e. The molecule has 154 valence electrons. The highest BCUT2D eigenvalue weighted by atomic mass is 32.2. The van der Waals surface area contributed by atoms with Gasteiger partial charge in [-0.25, -0.2) is 16.8 Å². The summed E-state index contributed by atoms with van der Waals surface area (Å²) in [4.78, 5) is 0. The zero-order valence-corrected chi connectivity index (χ0v) is 17.3. The van der Waals surface area contributed by atoms with Gasteiger partial charge in [0.15, 0.2) is 0 Å². The van der Waals surface area contributed by atoms with Crippen LogP contribution in [0, 0.1) is 0 Å². The van der Waals surface area contributed by atoms with E-state index in [1.165, 1.54) is 0 Å². The van der Waals surface area contributed by atoms with Crippen molar-refractivity contribution in [2.45, 2.75) is 10.4 Å². The van der Waals surface area contributed by atoms with E-state index in [1.807, 2.05) is 24.3 Å². The first kappa shape index (κ1) is 19.9. The van der Waals surface area contributed by atoms with Gasteiger partial charge in [0.2, 0.25) is 31.5 Å². The van der Waals surface area contributed by atoms with Crippen LogP contribution in [0.2, 0.25) is 0 Å². The summed E-state index contributed by atoms with van der Waals surface area (Å²) in [6.45, 7) is 0. The minimum atomic E-state index is -3.57. The first-order valence-electron chi connectivity index (χ1n) is 8.40. The lowest BCUT2D eigenvalue weighted by molar-refractivity contribution is 0.442. The molecule has 0 saturated carbocycles. The van der Waals surface area contributed by atoms with E-state index in [4.69, 9.17) is 8.83 Å². The fourth-order valence-corrected chi connectivity index (χ4v) is 3.40. The molecule has 30 heavy (non-hydrogen) atoms. The Morgan fingerprint density at radius 2 is 0.833 bits per heavy atom. The Balaban J connectivity index is 1.56. The third-order valence-electron chi connectivity index (χ3n) is 4.04. The number of rotatable bonds is 5. The second-order valence-electron chi connectivity index (χ2n) is 6.45. The lowest BCUT2D eigenvalue weighted by Gasteiger charge is -2.03. The first-order valence-corrected chi connectivity index (χ1v) is 12.2. The topological polar surface area (TPSA) is 146 Å². The van der Waals surface area contributed by atoms with E-state index in [1.54, 1.807) is 24.3 Å². The zero-order valence-electron chi connectivity index (χ0n) is 15.7. The summed E-state index contributed by atoms with van der Waals surface area (Å²) in [5, 5.41) is 13.7. The van der Waals surface area contributed by atoms with Gasteiger partial charge in [-0.1, -0.05) is 34.5 Å². The van der Waals surface area contributed by atoms with Crippen LogP contribution >= 0.6 is 0 Å². The van der Waals surface area contributed by atoms with E-state index in [0.29, 0.717) is 11.1 Å². The summed E-state index contributed by atoms with van der Waals surface area (Å²) in [6, 6.07) is 14.2. The van der Waals surface area contributed by atoms with Crippen LogP contribution in [-0.2, 0) is 19.7 Å². The Morgan fingerprint density at radius 1 is 0.533 bits per heavy atom. The zero-order chi connectivity index (χ0) is 21.5. The first-order chi connectivity index (χ1) is 14.1. The van der Waals surface area contributed by atoms with Crippen molar-refractivity contribution < 1.29 is 25.7 Å². The molecule has 0 radical (unpaired) electrons. The van der Waals surface area contributed by atoms with E-state index in [2.05, 4.69) is 20.4 Å². The van der Waals surface area contributed by atoms with Gasteiger partial charge in [0.25, 0.3) is 0 Å². The highest BCUT2D eigenvalue weighted by Crippen LogP contribution is 2.27. The molecule has 10 nitrogen and oxygen atoms in total. The molecule has 0 aliphatic carbocycles. The summed E-state index contributed by atoms with van der Waals surface area (Å²) in [6.07, 6.45) is 1.99. The third kappa shape index (κ3) is 4.00. The van der Waals surface area contributed by atoms with Crippen molar-refractivity contribution in [1.29, 1.82) is 0 Å². The van der Waals surface area contributed by atoms with Crippen LogP contribution in [0.25, 0.3) is 34.0 Å². The van der Waals surface area contributed by atoms with Crippen molar-refractivity contribution in [2.75, 3.05) is 12.5 Å². The van der Waals surface area contributed by atoms with Crippen molar-refractivity contribution in [3.05, 3.63) is 48.5 Å². The highest BCUT2D eigenvalue weighted by Gasteiger charge is 2.18. The average molecular weight is 446 g/mol. The molecule has 2 aromatic carbocycles. The molecule has 0 fully saturated rings. The number of hydrogen-bond acceptors (Lipinski definition) is 10. The maximum atomic E-state index is 11.5. The Kier molecular flexibility index (Phi) is 4.74. The molecule has 2 aromatic heterocycles. The molecule has 0 saturated heterocycles. The molecule has 12 heteroatoms. The number of benzene rings is 2. The van der Waals surface area contributed by atoms with Crippen molar-refractivity contribution in [1.82, 2.24) is 20.4 Å². The monoisotopic (exact) mass is 446 g/mol. The SMILES string of the molecule is CS(=O)(=O)c1nnc(-c2ccc(-c3ccc(-c4nnc(S(C)(=O)=O)o4)cc3)cc2)o1.